The summed E-state index contributed by atoms with van der Waals surface area (Å²) in [6.07, 6.45) is 9.58. The third-order valence-corrected chi connectivity index (χ3v) is 7.84. The molecule has 176 valence electrons. The smallest absolute Gasteiger partial charge is 0.261 e. The molecule has 5 nitrogen and oxygen atoms in total. The van der Waals surface area contributed by atoms with Crippen LogP contribution in [0.1, 0.15) is 57.4 Å². The Labute approximate surface area is 201 Å². The summed E-state index contributed by atoms with van der Waals surface area (Å²) in [6.45, 7) is 5.04. The first-order chi connectivity index (χ1) is 15.5. The third-order valence-electron chi connectivity index (χ3n) is 6.21. The van der Waals surface area contributed by atoms with Gasteiger partial charge in [0.15, 0.2) is 0 Å². The van der Waals surface area contributed by atoms with Crippen LogP contribution in [0.3, 0.4) is 0 Å². The van der Waals surface area contributed by atoms with E-state index in [2.05, 4.69) is 24.2 Å². The van der Waals surface area contributed by atoms with Crippen molar-refractivity contribution in [3.05, 3.63) is 39.8 Å². The van der Waals surface area contributed by atoms with Crippen LogP contribution in [0.25, 0.3) is 6.08 Å². The molecule has 1 N–H and O–H groups in total. The Balaban J connectivity index is 1.60. The molecule has 1 aromatic rings. The summed E-state index contributed by atoms with van der Waals surface area (Å²) in [5, 5.41) is 4.03. The van der Waals surface area contributed by atoms with E-state index in [0.717, 1.165) is 44.3 Å². The van der Waals surface area contributed by atoms with Gasteiger partial charge in [-0.05, 0) is 69.6 Å². The highest BCUT2D eigenvalue weighted by Crippen LogP contribution is 2.42. The summed E-state index contributed by atoms with van der Waals surface area (Å²) in [7, 11) is 2.12. The second-order valence-corrected chi connectivity index (χ2v) is 10.6. The normalized spacial score (nSPS) is 22.3. The topological polar surface area (TPSA) is 52.7 Å². The van der Waals surface area contributed by atoms with Crippen LogP contribution in [0.15, 0.2) is 29.2 Å². The molecular formula is C25H36ClN3O2S. The number of carbonyl (C=O) groups excluding carboxylic acids is 2. The number of unbranched alkanes of at least 4 members (excludes halogenated alkanes) is 1. The molecule has 1 aromatic carbocycles. The minimum absolute atomic E-state index is 0.0347. The lowest BCUT2D eigenvalue weighted by Gasteiger charge is -2.43. The van der Waals surface area contributed by atoms with E-state index in [1.165, 1.54) is 19.3 Å². The highest BCUT2D eigenvalue weighted by atomic mass is 35.5. The second kappa shape index (κ2) is 12.7. The number of amides is 2. The zero-order chi connectivity index (χ0) is 22.9. The molecule has 1 aliphatic carbocycles. The minimum atomic E-state index is -0.0621. The molecule has 2 atom stereocenters. The van der Waals surface area contributed by atoms with Crippen molar-refractivity contribution >= 4 is 41.3 Å². The Morgan fingerprint density at radius 2 is 2.06 bits per heavy atom. The van der Waals surface area contributed by atoms with Crippen LogP contribution in [-0.2, 0) is 9.59 Å². The number of rotatable bonds is 10. The van der Waals surface area contributed by atoms with Crippen LogP contribution in [0.4, 0.5) is 0 Å². The summed E-state index contributed by atoms with van der Waals surface area (Å²) < 4.78 is 0. The predicted octanol–water partition coefficient (Wildman–Crippen LogP) is 4.81. The maximum Gasteiger partial charge on any atom is 0.261 e. The van der Waals surface area contributed by atoms with Gasteiger partial charge >= 0.3 is 0 Å². The van der Waals surface area contributed by atoms with E-state index in [9.17, 15) is 9.59 Å². The van der Waals surface area contributed by atoms with E-state index in [1.807, 2.05) is 35.2 Å². The number of hydrogen-bond acceptors (Lipinski definition) is 4. The average Bonchev–Trinajstić information content (AvgIpc) is 2.78. The van der Waals surface area contributed by atoms with Gasteiger partial charge in [-0.15, -0.1) is 11.8 Å². The number of carbonyl (C=O) groups is 2. The van der Waals surface area contributed by atoms with Gasteiger partial charge in [-0.3, -0.25) is 9.59 Å². The Morgan fingerprint density at radius 1 is 1.28 bits per heavy atom. The number of thioether (sulfide) groups is 1. The molecule has 0 bridgehead atoms. The summed E-state index contributed by atoms with van der Waals surface area (Å²) in [4.78, 5) is 30.9. The van der Waals surface area contributed by atoms with Crippen LogP contribution in [0.2, 0.25) is 5.02 Å². The highest BCUT2D eigenvalue weighted by molar-refractivity contribution is 8.04. The molecule has 0 spiro atoms. The van der Waals surface area contributed by atoms with Crippen LogP contribution in [0, 0.1) is 0 Å². The minimum Gasteiger partial charge on any atom is -0.355 e. The maximum absolute atomic E-state index is 13.3. The Kier molecular flexibility index (Phi) is 9.94. The number of benzene rings is 1. The molecule has 7 heteroatoms. The maximum atomic E-state index is 13.3. The number of nitrogens with zero attached hydrogens (tertiary/aromatic N) is 2. The molecule has 2 aliphatic rings. The average molecular weight is 478 g/mol. The van der Waals surface area contributed by atoms with Crippen LogP contribution in [0.5, 0.6) is 0 Å². The summed E-state index contributed by atoms with van der Waals surface area (Å²) in [5.41, 5.74) is 0.916. The van der Waals surface area contributed by atoms with E-state index >= 15 is 0 Å². The zero-order valence-electron chi connectivity index (χ0n) is 19.3. The lowest BCUT2D eigenvalue weighted by molar-refractivity contribution is -0.135. The standard InChI is InChI=1S/C25H36ClN3O2S/c1-3-4-14-28(2)15-8-13-27-24(30)18-29-21-11-5-6-12-22(21)32-23(25(29)31)17-19-9-7-10-20(26)16-19/h7,9-10,16-17,21-22H,3-6,8,11-15,18H2,1-2H3,(H,27,30)/b23-17+. The molecule has 1 aliphatic heterocycles. The van der Waals surface area contributed by atoms with Gasteiger partial charge < -0.3 is 15.1 Å². The van der Waals surface area contributed by atoms with E-state index in [4.69, 9.17) is 11.6 Å². The van der Waals surface area contributed by atoms with Gasteiger partial charge in [-0.25, -0.2) is 0 Å². The van der Waals surface area contributed by atoms with Crippen molar-refractivity contribution in [2.45, 2.75) is 63.2 Å². The molecule has 1 saturated carbocycles. The monoisotopic (exact) mass is 477 g/mol. The van der Waals surface area contributed by atoms with Gasteiger partial charge in [0.05, 0.1) is 4.91 Å². The molecular weight excluding hydrogens is 442 g/mol. The largest absolute Gasteiger partial charge is 0.355 e. The fraction of sp³-hybridized carbons (Fsp3) is 0.600. The second-order valence-electron chi connectivity index (χ2n) is 8.87. The van der Waals surface area contributed by atoms with E-state index in [0.29, 0.717) is 21.7 Å². The van der Waals surface area contributed by atoms with Crippen molar-refractivity contribution in [1.29, 1.82) is 0 Å². The fourth-order valence-electron chi connectivity index (χ4n) is 4.44. The van der Waals surface area contributed by atoms with Crippen LogP contribution < -0.4 is 5.32 Å². The first-order valence-electron chi connectivity index (χ1n) is 11.9. The lowest BCUT2D eigenvalue weighted by Crippen LogP contribution is -2.54. The zero-order valence-corrected chi connectivity index (χ0v) is 20.9. The Hall–Kier alpha value is -1.50. The number of fused-ring (bicyclic) bond motifs is 1. The quantitative estimate of drug-likeness (QED) is 0.388. The van der Waals surface area contributed by atoms with Gasteiger partial charge in [-0.2, -0.15) is 0 Å². The Bertz CT molecular complexity index is 816. The lowest BCUT2D eigenvalue weighted by atomic mass is 9.93. The van der Waals surface area contributed by atoms with Crippen molar-refractivity contribution in [3.8, 4) is 0 Å². The molecule has 2 unspecified atom stereocenters. The van der Waals surface area contributed by atoms with Crippen molar-refractivity contribution in [1.82, 2.24) is 15.1 Å². The fourth-order valence-corrected chi connectivity index (χ4v) is 6.11. The summed E-state index contributed by atoms with van der Waals surface area (Å²) >= 11 is 7.80. The third kappa shape index (κ3) is 7.26. The van der Waals surface area contributed by atoms with Gasteiger partial charge in [0, 0.05) is 22.9 Å². The van der Waals surface area contributed by atoms with Crippen molar-refractivity contribution in [3.63, 3.8) is 0 Å². The molecule has 3 rings (SSSR count). The first kappa shape index (κ1) is 25.1. The predicted molar refractivity (Wildman–Crippen MR) is 135 cm³/mol. The van der Waals surface area contributed by atoms with Gasteiger partial charge in [-0.1, -0.05) is 49.9 Å². The van der Waals surface area contributed by atoms with Crippen molar-refractivity contribution in [2.75, 3.05) is 33.2 Å². The molecule has 0 radical (unpaired) electrons. The molecule has 1 heterocycles. The summed E-state index contributed by atoms with van der Waals surface area (Å²) in [5.74, 6) is -0.0968. The van der Waals surface area contributed by atoms with Gasteiger partial charge in [0.25, 0.3) is 5.91 Å². The highest BCUT2D eigenvalue weighted by Gasteiger charge is 2.41. The first-order valence-corrected chi connectivity index (χ1v) is 13.1. The molecule has 0 aromatic heterocycles. The number of nitrogens with one attached hydrogen (secondary N) is 1. The van der Waals surface area contributed by atoms with E-state index in [-0.39, 0.29) is 24.4 Å². The molecule has 2 amide bonds. The van der Waals surface area contributed by atoms with Crippen molar-refractivity contribution < 1.29 is 9.59 Å². The SMILES string of the molecule is CCCCN(C)CCCNC(=O)CN1C(=O)/C(=C\c2cccc(Cl)c2)SC2CCCCC21. The van der Waals surface area contributed by atoms with Gasteiger partial charge in [0.1, 0.15) is 6.54 Å². The van der Waals surface area contributed by atoms with Crippen LogP contribution >= 0.6 is 23.4 Å². The van der Waals surface area contributed by atoms with Gasteiger partial charge in [0.2, 0.25) is 5.91 Å². The molecule has 32 heavy (non-hydrogen) atoms. The Morgan fingerprint density at radius 3 is 2.84 bits per heavy atom. The summed E-state index contributed by atoms with van der Waals surface area (Å²) in [6, 6.07) is 7.68. The molecule has 1 saturated heterocycles. The number of hydrogen-bond donors (Lipinski definition) is 1. The molecule has 2 fully saturated rings. The number of halogens is 1. The van der Waals surface area contributed by atoms with Crippen molar-refractivity contribution in [2.24, 2.45) is 0 Å². The van der Waals surface area contributed by atoms with E-state index in [1.54, 1.807) is 11.8 Å². The van der Waals surface area contributed by atoms with Crippen LogP contribution in [-0.4, -0.2) is 66.1 Å². The van der Waals surface area contributed by atoms with E-state index < -0.39 is 0 Å².